The molecule has 94 valence electrons. The smallest absolute Gasteiger partial charge is 0.251 e. The van der Waals surface area contributed by atoms with E-state index in [0.29, 0.717) is 25.5 Å². The maximum Gasteiger partial charge on any atom is 0.251 e. The summed E-state index contributed by atoms with van der Waals surface area (Å²) in [5.74, 6) is -2.08. The first-order chi connectivity index (χ1) is 7.99. The number of amides is 1. The SMILES string of the molecule is CC(O)CCCNC(=O)c1cc(F)cc(F)c1. The summed E-state index contributed by atoms with van der Waals surface area (Å²) in [4.78, 5) is 11.5. The lowest BCUT2D eigenvalue weighted by atomic mass is 10.2. The fourth-order valence-corrected chi connectivity index (χ4v) is 1.39. The first kappa shape index (κ1) is 13.6. The average molecular weight is 243 g/mol. The maximum atomic E-state index is 12.8. The van der Waals surface area contributed by atoms with Gasteiger partial charge in [-0.05, 0) is 31.9 Å². The molecule has 1 aromatic carbocycles. The molecule has 0 aliphatic heterocycles. The molecule has 1 amide bonds. The van der Waals surface area contributed by atoms with Crippen molar-refractivity contribution in [3.8, 4) is 0 Å². The molecular formula is C12H15F2NO2. The van der Waals surface area contributed by atoms with Crippen molar-refractivity contribution < 1.29 is 18.7 Å². The molecule has 0 heterocycles. The molecule has 1 unspecified atom stereocenters. The number of benzene rings is 1. The predicted octanol–water partition coefficient (Wildman–Crippen LogP) is 1.86. The molecule has 0 aliphatic rings. The lowest BCUT2D eigenvalue weighted by Crippen LogP contribution is -2.25. The monoisotopic (exact) mass is 243 g/mol. The average Bonchev–Trinajstić information content (AvgIpc) is 2.22. The Balaban J connectivity index is 2.47. The summed E-state index contributed by atoms with van der Waals surface area (Å²) < 4.78 is 25.7. The molecule has 0 aliphatic carbocycles. The molecule has 2 N–H and O–H groups in total. The van der Waals surface area contributed by atoms with Gasteiger partial charge in [0.15, 0.2) is 0 Å². The van der Waals surface area contributed by atoms with Gasteiger partial charge >= 0.3 is 0 Å². The van der Waals surface area contributed by atoms with Gasteiger partial charge in [-0.1, -0.05) is 0 Å². The van der Waals surface area contributed by atoms with Crippen molar-refractivity contribution >= 4 is 5.91 Å². The van der Waals surface area contributed by atoms with Crippen LogP contribution in [-0.4, -0.2) is 23.7 Å². The largest absolute Gasteiger partial charge is 0.393 e. The summed E-state index contributed by atoms with van der Waals surface area (Å²) in [5.41, 5.74) is -0.0421. The van der Waals surface area contributed by atoms with Gasteiger partial charge in [0, 0.05) is 18.2 Å². The highest BCUT2D eigenvalue weighted by molar-refractivity contribution is 5.94. The van der Waals surface area contributed by atoms with Gasteiger partial charge in [-0.25, -0.2) is 8.78 Å². The highest BCUT2D eigenvalue weighted by Gasteiger charge is 2.08. The number of carbonyl (C=O) groups is 1. The van der Waals surface area contributed by atoms with Crippen molar-refractivity contribution in [2.24, 2.45) is 0 Å². The van der Waals surface area contributed by atoms with Crippen LogP contribution in [0.2, 0.25) is 0 Å². The fraction of sp³-hybridized carbons (Fsp3) is 0.417. The van der Waals surface area contributed by atoms with E-state index in [0.717, 1.165) is 12.1 Å². The Morgan fingerprint density at radius 2 is 1.94 bits per heavy atom. The molecule has 0 aromatic heterocycles. The van der Waals surface area contributed by atoms with E-state index in [1.165, 1.54) is 0 Å². The topological polar surface area (TPSA) is 49.3 Å². The van der Waals surface area contributed by atoms with Gasteiger partial charge in [0.2, 0.25) is 0 Å². The molecule has 0 bridgehead atoms. The number of aliphatic hydroxyl groups is 1. The zero-order chi connectivity index (χ0) is 12.8. The first-order valence-electron chi connectivity index (χ1n) is 5.41. The van der Waals surface area contributed by atoms with Crippen LogP contribution >= 0.6 is 0 Å². The van der Waals surface area contributed by atoms with Crippen LogP contribution in [0.4, 0.5) is 8.78 Å². The van der Waals surface area contributed by atoms with Crippen LogP contribution in [0.25, 0.3) is 0 Å². The Labute approximate surface area is 98.5 Å². The van der Waals surface area contributed by atoms with Crippen LogP contribution in [0, 0.1) is 11.6 Å². The van der Waals surface area contributed by atoms with Crippen molar-refractivity contribution in [3.05, 3.63) is 35.4 Å². The molecule has 0 fully saturated rings. The Kier molecular flexibility index (Phi) is 5.03. The van der Waals surface area contributed by atoms with E-state index in [-0.39, 0.29) is 5.56 Å². The van der Waals surface area contributed by atoms with E-state index in [1.807, 2.05) is 0 Å². The minimum Gasteiger partial charge on any atom is -0.393 e. The molecule has 17 heavy (non-hydrogen) atoms. The Bertz CT molecular complexity index is 374. The second-order valence-corrected chi connectivity index (χ2v) is 3.91. The molecule has 3 nitrogen and oxygen atoms in total. The maximum absolute atomic E-state index is 12.8. The van der Waals surface area contributed by atoms with Crippen molar-refractivity contribution in [2.75, 3.05) is 6.54 Å². The summed E-state index contributed by atoms with van der Waals surface area (Å²) in [6.07, 6.45) is 0.762. The number of hydrogen-bond acceptors (Lipinski definition) is 2. The van der Waals surface area contributed by atoms with E-state index < -0.39 is 23.6 Å². The third-order valence-corrected chi connectivity index (χ3v) is 2.21. The molecule has 0 spiro atoms. The fourth-order valence-electron chi connectivity index (χ4n) is 1.39. The van der Waals surface area contributed by atoms with Crippen LogP contribution in [-0.2, 0) is 0 Å². The highest BCUT2D eigenvalue weighted by Crippen LogP contribution is 2.07. The van der Waals surface area contributed by atoms with Crippen molar-refractivity contribution in [2.45, 2.75) is 25.9 Å². The standard InChI is InChI=1S/C12H15F2NO2/c1-8(16)3-2-4-15-12(17)9-5-10(13)7-11(14)6-9/h5-8,16H,2-4H2,1H3,(H,15,17). The zero-order valence-electron chi connectivity index (χ0n) is 9.54. The lowest BCUT2D eigenvalue weighted by Gasteiger charge is -2.06. The lowest BCUT2D eigenvalue weighted by molar-refractivity contribution is 0.0948. The predicted molar refractivity (Wildman–Crippen MR) is 59.6 cm³/mol. The molecule has 0 saturated carbocycles. The summed E-state index contributed by atoms with van der Waals surface area (Å²) >= 11 is 0. The van der Waals surface area contributed by atoms with Gasteiger partial charge in [0.05, 0.1) is 6.10 Å². The molecule has 0 saturated heterocycles. The number of aliphatic hydroxyl groups excluding tert-OH is 1. The molecule has 1 atom stereocenters. The summed E-state index contributed by atoms with van der Waals surface area (Å²) in [5, 5.41) is 11.5. The second kappa shape index (κ2) is 6.30. The summed E-state index contributed by atoms with van der Waals surface area (Å²) in [6.45, 7) is 2.02. The Hall–Kier alpha value is -1.49. The van der Waals surface area contributed by atoms with Crippen LogP contribution in [0.15, 0.2) is 18.2 Å². The molecular weight excluding hydrogens is 228 g/mol. The third-order valence-electron chi connectivity index (χ3n) is 2.21. The second-order valence-electron chi connectivity index (χ2n) is 3.91. The normalized spacial score (nSPS) is 12.2. The van der Waals surface area contributed by atoms with Gasteiger partial charge in [0.1, 0.15) is 11.6 Å². The minimum atomic E-state index is -0.779. The zero-order valence-corrected chi connectivity index (χ0v) is 9.54. The highest BCUT2D eigenvalue weighted by atomic mass is 19.1. The van der Waals surface area contributed by atoms with Crippen LogP contribution < -0.4 is 5.32 Å². The van der Waals surface area contributed by atoms with E-state index in [9.17, 15) is 13.6 Å². The van der Waals surface area contributed by atoms with Gasteiger partial charge in [-0.2, -0.15) is 0 Å². The Morgan fingerprint density at radius 3 is 2.47 bits per heavy atom. The van der Waals surface area contributed by atoms with Gasteiger partial charge in [-0.15, -0.1) is 0 Å². The van der Waals surface area contributed by atoms with E-state index in [2.05, 4.69) is 5.32 Å². The van der Waals surface area contributed by atoms with Crippen molar-refractivity contribution in [1.82, 2.24) is 5.32 Å². The third kappa shape index (κ3) is 4.91. The first-order valence-corrected chi connectivity index (χ1v) is 5.41. The molecule has 1 rings (SSSR count). The minimum absolute atomic E-state index is 0.0421. The van der Waals surface area contributed by atoms with Gasteiger partial charge in [-0.3, -0.25) is 4.79 Å². The molecule has 1 aromatic rings. The number of hydrogen-bond donors (Lipinski definition) is 2. The molecule has 0 radical (unpaired) electrons. The van der Waals surface area contributed by atoms with Crippen LogP contribution in [0.1, 0.15) is 30.1 Å². The van der Waals surface area contributed by atoms with E-state index in [1.54, 1.807) is 6.92 Å². The van der Waals surface area contributed by atoms with Crippen molar-refractivity contribution in [3.63, 3.8) is 0 Å². The van der Waals surface area contributed by atoms with Crippen LogP contribution in [0.5, 0.6) is 0 Å². The van der Waals surface area contributed by atoms with Crippen molar-refractivity contribution in [1.29, 1.82) is 0 Å². The number of halogens is 2. The quantitative estimate of drug-likeness (QED) is 0.775. The van der Waals surface area contributed by atoms with E-state index >= 15 is 0 Å². The van der Waals surface area contributed by atoms with Gasteiger partial charge < -0.3 is 10.4 Å². The number of carbonyl (C=O) groups excluding carboxylic acids is 1. The van der Waals surface area contributed by atoms with Gasteiger partial charge in [0.25, 0.3) is 5.91 Å². The summed E-state index contributed by atoms with van der Waals surface area (Å²) in [6, 6.07) is 2.67. The number of rotatable bonds is 5. The van der Waals surface area contributed by atoms with E-state index in [4.69, 9.17) is 5.11 Å². The summed E-state index contributed by atoms with van der Waals surface area (Å²) in [7, 11) is 0. The Morgan fingerprint density at radius 1 is 1.35 bits per heavy atom. The number of nitrogens with one attached hydrogen (secondary N) is 1. The van der Waals surface area contributed by atoms with Crippen LogP contribution in [0.3, 0.4) is 0 Å². The molecule has 5 heteroatoms.